The number of benzene rings is 3. The number of methoxy groups -OCH3 is 2. The highest BCUT2D eigenvalue weighted by molar-refractivity contribution is 14.2. The standard InChI is InChI=1S/C41H49IN2O10S2/c1-22-14-26-8-7-11-44-28(16-29(26)38(35(22)49-6)50-12-13-56-42)19-55-20-41(30-17-33(48-5)32(46)15-27(30)9-10-43-41)40(47)51-18-31(44)34-23(2)36(54-25(4)45)24(3)37-39(34)53-21-52-37/h14-15,17,28,31,43,46H,7-13,16,18-21H2,1-6H3/t28?,31?,41-/m1/s1. The Balaban J connectivity index is 1.40. The van der Waals surface area contributed by atoms with Crippen LogP contribution in [-0.2, 0) is 39.1 Å². The molecule has 0 aliphatic carbocycles. The average Bonchev–Trinajstić information content (AvgIpc) is 3.66. The van der Waals surface area contributed by atoms with E-state index in [9.17, 15) is 14.7 Å². The van der Waals surface area contributed by atoms with Gasteiger partial charge in [0.25, 0.3) is 0 Å². The predicted molar refractivity (Wildman–Crippen MR) is 225 cm³/mol. The van der Waals surface area contributed by atoms with Gasteiger partial charge in [-0.1, -0.05) is 15.0 Å². The van der Waals surface area contributed by atoms with Crippen LogP contribution in [0.25, 0.3) is 0 Å². The number of ether oxygens (including phenoxy) is 7. The molecule has 1 saturated heterocycles. The largest absolute Gasteiger partial charge is 0.504 e. The molecule has 12 nitrogen and oxygen atoms in total. The van der Waals surface area contributed by atoms with E-state index < -0.39 is 23.5 Å². The number of esters is 2. The highest BCUT2D eigenvalue weighted by atomic mass is 127. The SMILES string of the molecule is COc1cc2c(cc1O)CCN[C@]21CSCC2Cc3c(cc(C)c(OC)c3OCCSI)CCCN2C(c2c(C)c(OC(C)=O)c(C)c3c2OCO3)COC1=O. The molecule has 2 N–H and O–H groups in total. The van der Waals surface area contributed by atoms with Crippen molar-refractivity contribution in [3.05, 3.63) is 62.7 Å². The number of nitrogens with zero attached hydrogens (tertiary/aromatic N) is 1. The van der Waals surface area contributed by atoms with E-state index in [1.54, 1.807) is 39.9 Å². The molecule has 302 valence electrons. The number of aromatic hydroxyl groups is 1. The lowest BCUT2D eigenvalue weighted by atomic mass is 9.83. The van der Waals surface area contributed by atoms with Gasteiger partial charge in [0.2, 0.25) is 6.79 Å². The summed E-state index contributed by atoms with van der Waals surface area (Å²) in [6.07, 6.45) is 2.93. The van der Waals surface area contributed by atoms with Crippen molar-refractivity contribution in [1.82, 2.24) is 10.2 Å². The summed E-state index contributed by atoms with van der Waals surface area (Å²) in [5, 5.41) is 14.3. The molecular weight excluding hydrogens is 871 g/mol. The third-order valence-corrected chi connectivity index (χ3v) is 14.2. The van der Waals surface area contributed by atoms with Gasteiger partial charge in [-0.15, -0.1) is 0 Å². The van der Waals surface area contributed by atoms with Crippen molar-refractivity contribution in [3.63, 3.8) is 0 Å². The Morgan fingerprint density at radius 1 is 1.05 bits per heavy atom. The van der Waals surface area contributed by atoms with Gasteiger partial charge in [-0.25, -0.2) is 4.79 Å². The smallest absolute Gasteiger partial charge is 0.331 e. The van der Waals surface area contributed by atoms with Gasteiger partial charge in [-0.05, 0) is 109 Å². The van der Waals surface area contributed by atoms with Crippen LogP contribution >= 0.6 is 41.9 Å². The Kier molecular flexibility index (Phi) is 12.7. The number of halogens is 1. The van der Waals surface area contributed by atoms with Gasteiger partial charge < -0.3 is 38.3 Å². The molecular formula is C41H49IN2O10S2. The van der Waals surface area contributed by atoms with Crippen LogP contribution < -0.4 is 33.7 Å². The highest BCUT2D eigenvalue weighted by Gasteiger charge is 2.48. The van der Waals surface area contributed by atoms with Gasteiger partial charge >= 0.3 is 11.9 Å². The lowest BCUT2D eigenvalue weighted by Crippen LogP contribution is -2.57. The maximum absolute atomic E-state index is 14.8. The van der Waals surface area contributed by atoms with Crippen LogP contribution in [0.5, 0.6) is 40.2 Å². The van der Waals surface area contributed by atoms with Crippen LogP contribution in [0.4, 0.5) is 0 Å². The summed E-state index contributed by atoms with van der Waals surface area (Å²) in [6, 6.07) is 5.13. The molecule has 0 saturated carbocycles. The molecule has 7 rings (SSSR count). The van der Waals surface area contributed by atoms with Gasteiger partial charge in [-0.2, -0.15) is 11.8 Å². The number of phenolic OH excluding ortho intramolecular Hbond substituents is 1. The van der Waals surface area contributed by atoms with Crippen LogP contribution in [0.3, 0.4) is 0 Å². The summed E-state index contributed by atoms with van der Waals surface area (Å²) in [5.74, 6) is 4.38. The van der Waals surface area contributed by atoms with Gasteiger partial charge in [0.1, 0.15) is 12.4 Å². The van der Waals surface area contributed by atoms with Gasteiger partial charge in [0.15, 0.2) is 40.0 Å². The van der Waals surface area contributed by atoms with Crippen molar-refractivity contribution in [2.24, 2.45) is 0 Å². The number of carbonyl (C=O) groups is 2. The molecule has 0 amide bonds. The normalized spacial score (nSPS) is 22.2. The first-order valence-corrected chi connectivity index (χ1v) is 23.5. The minimum absolute atomic E-state index is 0.00644. The number of fused-ring (bicyclic) bond motifs is 5. The zero-order valence-electron chi connectivity index (χ0n) is 32.6. The topological polar surface area (TPSA) is 134 Å². The van der Waals surface area contributed by atoms with E-state index in [1.807, 2.05) is 13.8 Å². The van der Waals surface area contributed by atoms with Crippen LogP contribution in [0.1, 0.15) is 63.9 Å². The number of cyclic esters (lactones) is 1. The predicted octanol–water partition coefficient (Wildman–Crippen LogP) is 6.68. The fourth-order valence-corrected chi connectivity index (χ4v) is 10.9. The van der Waals surface area contributed by atoms with E-state index in [4.69, 9.17) is 33.2 Å². The first-order chi connectivity index (χ1) is 27.0. The number of thioether (sulfide) groups is 1. The first kappa shape index (κ1) is 40.9. The van der Waals surface area contributed by atoms with Gasteiger partial charge in [-0.3, -0.25) is 15.0 Å². The van der Waals surface area contributed by atoms with Crippen LogP contribution in [-0.4, -0.2) is 92.6 Å². The van der Waals surface area contributed by atoms with Gasteiger partial charge in [0.05, 0.1) is 26.9 Å². The fraction of sp³-hybridized carbons (Fsp3) is 0.512. The second kappa shape index (κ2) is 17.3. The van der Waals surface area contributed by atoms with E-state index in [1.165, 1.54) is 19.6 Å². The zero-order chi connectivity index (χ0) is 39.7. The Morgan fingerprint density at radius 3 is 2.61 bits per heavy atom. The van der Waals surface area contributed by atoms with E-state index in [2.05, 4.69) is 44.4 Å². The second-order valence-electron chi connectivity index (χ2n) is 14.6. The van der Waals surface area contributed by atoms with E-state index in [-0.39, 0.29) is 25.2 Å². The molecule has 4 aliphatic rings. The van der Waals surface area contributed by atoms with Crippen molar-refractivity contribution < 1.29 is 47.9 Å². The van der Waals surface area contributed by atoms with Crippen molar-refractivity contribution in [2.75, 3.05) is 64.6 Å². The molecule has 1 spiro atoms. The van der Waals surface area contributed by atoms with Crippen molar-refractivity contribution in [2.45, 2.75) is 71.0 Å². The third kappa shape index (κ3) is 7.58. The number of hydrogen-bond acceptors (Lipinski definition) is 14. The minimum atomic E-state index is -1.20. The van der Waals surface area contributed by atoms with Gasteiger partial charge in [0, 0.05) is 59.0 Å². The quantitative estimate of drug-likeness (QED) is 0.108. The highest BCUT2D eigenvalue weighted by Crippen LogP contribution is 2.51. The van der Waals surface area contributed by atoms with Crippen LogP contribution in [0.2, 0.25) is 0 Å². The van der Waals surface area contributed by atoms with E-state index in [0.717, 1.165) is 63.5 Å². The summed E-state index contributed by atoms with van der Waals surface area (Å²) in [5.41, 5.74) is 5.97. The molecule has 3 aromatic carbocycles. The first-order valence-electron chi connectivity index (χ1n) is 18.9. The number of hydrogen-bond donors (Lipinski definition) is 2. The summed E-state index contributed by atoms with van der Waals surface area (Å²) < 4.78 is 42.8. The summed E-state index contributed by atoms with van der Waals surface area (Å²) >= 11 is 3.98. The molecule has 15 heteroatoms. The van der Waals surface area contributed by atoms with Crippen molar-refractivity contribution in [1.29, 1.82) is 0 Å². The number of aryl methyl sites for hydroxylation is 2. The fourth-order valence-electron chi connectivity index (χ4n) is 8.81. The van der Waals surface area contributed by atoms with Crippen molar-refractivity contribution in [3.8, 4) is 40.2 Å². The lowest BCUT2D eigenvalue weighted by Gasteiger charge is -2.44. The second-order valence-corrected chi connectivity index (χ2v) is 18.1. The molecule has 0 aromatic heterocycles. The Labute approximate surface area is 348 Å². The summed E-state index contributed by atoms with van der Waals surface area (Å²) in [7, 11) is 4.90. The van der Waals surface area contributed by atoms with E-state index in [0.29, 0.717) is 72.6 Å². The van der Waals surface area contributed by atoms with Crippen molar-refractivity contribution >= 4 is 53.8 Å². The maximum Gasteiger partial charge on any atom is 0.331 e. The minimum Gasteiger partial charge on any atom is -0.504 e. The number of rotatable bonds is 8. The molecule has 2 unspecified atom stereocenters. The summed E-state index contributed by atoms with van der Waals surface area (Å²) in [6.45, 7) is 9.02. The molecule has 4 heterocycles. The molecule has 3 atom stereocenters. The lowest BCUT2D eigenvalue weighted by molar-refractivity contribution is -0.154. The molecule has 0 radical (unpaired) electrons. The number of phenols is 1. The zero-order valence-corrected chi connectivity index (χ0v) is 36.4. The molecule has 4 aliphatic heterocycles. The van der Waals surface area contributed by atoms with Crippen LogP contribution in [0.15, 0.2) is 18.2 Å². The molecule has 0 bridgehead atoms. The van der Waals surface area contributed by atoms with E-state index >= 15 is 0 Å². The Morgan fingerprint density at radius 2 is 1.86 bits per heavy atom. The Bertz CT molecular complexity index is 2010. The molecule has 1 fully saturated rings. The van der Waals surface area contributed by atoms with Crippen LogP contribution in [0, 0.1) is 20.8 Å². The summed E-state index contributed by atoms with van der Waals surface area (Å²) in [4.78, 5) is 29.7. The monoisotopic (exact) mass is 920 g/mol. The Hall–Kier alpha value is -3.25. The number of nitrogens with one attached hydrogen (secondary N) is 1. The molecule has 56 heavy (non-hydrogen) atoms. The number of carbonyl (C=O) groups excluding carboxylic acids is 2. The molecule has 3 aromatic rings. The average molecular weight is 921 g/mol. The maximum atomic E-state index is 14.8. The third-order valence-electron chi connectivity index (χ3n) is 11.3.